The van der Waals surface area contributed by atoms with E-state index < -0.39 is 28.5 Å². The normalized spacial score (nSPS) is 12.7. The van der Waals surface area contributed by atoms with E-state index in [0.29, 0.717) is 5.56 Å². The fourth-order valence-corrected chi connectivity index (χ4v) is 2.06. The Morgan fingerprint density at radius 2 is 1.86 bits per heavy atom. The molecular formula is C12H16N2O6S. The third kappa shape index (κ3) is 5.90. The van der Waals surface area contributed by atoms with Crippen LogP contribution in [-0.4, -0.2) is 38.6 Å². The number of hydrogen-bond acceptors (Lipinski definition) is 5. The molecule has 0 aliphatic carbocycles. The quantitative estimate of drug-likeness (QED) is 0.627. The van der Waals surface area contributed by atoms with Crippen LogP contribution in [0.4, 0.5) is 0 Å². The number of nitrogens with two attached hydrogens (primary N) is 1. The molecule has 9 heteroatoms. The van der Waals surface area contributed by atoms with Crippen molar-refractivity contribution in [1.82, 2.24) is 5.32 Å². The van der Waals surface area contributed by atoms with Crippen LogP contribution in [0.2, 0.25) is 0 Å². The fraction of sp³-hybridized carbons (Fsp3) is 0.333. The first kappa shape index (κ1) is 17.1. The molecule has 0 aliphatic rings. The Morgan fingerprint density at radius 3 is 2.33 bits per heavy atom. The lowest BCUT2D eigenvalue weighted by molar-refractivity contribution is -0.143. The molecule has 116 valence electrons. The van der Waals surface area contributed by atoms with Crippen molar-refractivity contribution in [3.8, 4) is 0 Å². The van der Waals surface area contributed by atoms with Crippen LogP contribution in [-0.2, 0) is 24.3 Å². The fourth-order valence-electron chi connectivity index (χ4n) is 1.54. The largest absolute Gasteiger partial charge is 0.480 e. The van der Waals surface area contributed by atoms with Crippen molar-refractivity contribution in [3.63, 3.8) is 0 Å². The van der Waals surface area contributed by atoms with Crippen LogP contribution in [0.1, 0.15) is 18.5 Å². The Hall–Kier alpha value is -1.97. The van der Waals surface area contributed by atoms with Gasteiger partial charge in [-0.25, -0.2) is 18.4 Å². The molecule has 1 atom stereocenters. The van der Waals surface area contributed by atoms with Gasteiger partial charge in [-0.1, -0.05) is 12.1 Å². The first-order valence-corrected chi connectivity index (χ1v) is 7.46. The maximum absolute atomic E-state index is 11.5. The van der Waals surface area contributed by atoms with Gasteiger partial charge in [-0.15, -0.1) is 0 Å². The Balaban J connectivity index is 2.57. The van der Waals surface area contributed by atoms with E-state index in [2.05, 4.69) is 10.1 Å². The molecule has 1 aromatic rings. The number of carboxylic acids is 1. The predicted octanol–water partition coefficient (Wildman–Crippen LogP) is -0.388. The van der Waals surface area contributed by atoms with Crippen molar-refractivity contribution in [2.45, 2.75) is 17.9 Å². The minimum atomic E-state index is -3.75. The predicted molar refractivity (Wildman–Crippen MR) is 72.8 cm³/mol. The van der Waals surface area contributed by atoms with Crippen molar-refractivity contribution >= 4 is 21.9 Å². The van der Waals surface area contributed by atoms with Crippen molar-refractivity contribution in [3.05, 3.63) is 29.8 Å². The molecule has 0 spiro atoms. The molecule has 1 amide bonds. The molecule has 0 saturated heterocycles. The lowest BCUT2D eigenvalue weighted by Crippen LogP contribution is -2.31. The zero-order valence-electron chi connectivity index (χ0n) is 11.3. The molecule has 0 heterocycles. The van der Waals surface area contributed by atoms with Gasteiger partial charge < -0.3 is 15.2 Å². The summed E-state index contributed by atoms with van der Waals surface area (Å²) in [5, 5.41) is 15.9. The summed E-state index contributed by atoms with van der Waals surface area (Å²) >= 11 is 0. The maximum Gasteiger partial charge on any atom is 0.329 e. The van der Waals surface area contributed by atoms with Gasteiger partial charge in [-0.3, -0.25) is 4.79 Å². The smallest absolute Gasteiger partial charge is 0.329 e. The third-order valence-electron chi connectivity index (χ3n) is 2.54. The van der Waals surface area contributed by atoms with E-state index in [0.717, 1.165) is 0 Å². The second kappa shape index (κ2) is 7.16. The van der Waals surface area contributed by atoms with Crippen LogP contribution in [0.25, 0.3) is 0 Å². The number of carboxylic acid groups (broad SMARTS) is 1. The SMILES string of the molecule is CC(NC(=O)COCC(=O)O)c1ccc(S(N)(=O)=O)cc1. The lowest BCUT2D eigenvalue weighted by Gasteiger charge is -2.14. The minimum absolute atomic E-state index is 0.0189. The van der Waals surface area contributed by atoms with Crippen LogP contribution in [0.3, 0.4) is 0 Å². The first-order chi connectivity index (χ1) is 9.70. The highest BCUT2D eigenvalue weighted by Crippen LogP contribution is 2.15. The Labute approximate surface area is 122 Å². The van der Waals surface area contributed by atoms with E-state index in [4.69, 9.17) is 10.2 Å². The summed E-state index contributed by atoms with van der Waals surface area (Å²) in [6.07, 6.45) is 0. The zero-order chi connectivity index (χ0) is 16.0. The number of ether oxygens (including phenoxy) is 1. The Morgan fingerprint density at radius 1 is 1.29 bits per heavy atom. The highest BCUT2D eigenvalue weighted by molar-refractivity contribution is 7.89. The van der Waals surface area contributed by atoms with Crippen LogP contribution in [0.5, 0.6) is 0 Å². The summed E-state index contributed by atoms with van der Waals surface area (Å²) in [6, 6.07) is 5.36. The van der Waals surface area contributed by atoms with E-state index in [1.165, 1.54) is 24.3 Å². The van der Waals surface area contributed by atoms with E-state index in [9.17, 15) is 18.0 Å². The molecule has 21 heavy (non-hydrogen) atoms. The van der Waals surface area contributed by atoms with Crippen LogP contribution in [0, 0.1) is 0 Å². The van der Waals surface area contributed by atoms with Gasteiger partial charge in [0.25, 0.3) is 0 Å². The van der Waals surface area contributed by atoms with Crippen LogP contribution in [0.15, 0.2) is 29.2 Å². The van der Waals surface area contributed by atoms with Crippen molar-refractivity contribution < 1.29 is 27.9 Å². The number of aliphatic carboxylic acids is 1. The standard InChI is InChI=1S/C12H16N2O6S/c1-8(14-11(15)6-20-7-12(16)17)9-2-4-10(5-3-9)21(13,18)19/h2-5,8H,6-7H2,1H3,(H,14,15)(H,16,17)(H2,13,18,19). The lowest BCUT2D eigenvalue weighted by atomic mass is 10.1. The number of benzene rings is 1. The third-order valence-corrected chi connectivity index (χ3v) is 3.47. The Bertz CT molecular complexity index is 611. The molecular weight excluding hydrogens is 300 g/mol. The molecule has 0 saturated carbocycles. The van der Waals surface area contributed by atoms with Gasteiger partial charge in [-0.05, 0) is 24.6 Å². The van der Waals surface area contributed by atoms with Gasteiger partial charge in [0, 0.05) is 0 Å². The number of hydrogen-bond donors (Lipinski definition) is 3. The molecule has 0 radical (unpaired) electrons. The van der Waals surface area contributed by atoms with E-state index >= 15 is 0 Å². The number of primary sulfonamides is 1. The molecule has 1 unspecified atom stereocenters. The molecule has 0 bridgehead atoms. The number of rotatable bonds is 7. The number of amides is 1. The molecule has 4 N–H and O–H groups in total. The molecule has 0 aromatic heterocycles. The molecule has 1 rings (SSSR count). The molecule has 1 aromatic carbocycles. The van der Waals surface area contributed by atoms with Crippen molar-refractivity contribution in [1.29, 1.82) is 0 Å². The number of nitrogens with one attached hydrogen (secondary N) is 1. The topological polar surface area (TPSA) is 136 Å². The molecule has 0 fully saturated rings. The number of carbonyl (C=O) groups is 2. The zero-order valence-corrected chi connectivity index (χ0v) is 12.1. The summed E-state index contributed by atoms with van der Waals surface area (Å²) in [4.78, 5) is 21.7. The average Bonchev–Trinajstić information content (AvgIpc) is 2.37. The summed E-state index contributed by atoms with van der Waals surface area (Å²) < 4.78 is 26.9. The van der Waals surface area contributed by atoms with Crippen molar-refractivity contribution in [2.75, 3.05) is 13.2 Å². The summed E-state index contributed by atoms with van der Waals surface area (Å²) in [6.45, 7) is 0.776. The monoisotopic (exact) mass is 316 g/mol. The van der Waals surface area contributed by atoms with Crippen molar-refractivity contribution in [2.24, 2.45) is 5.14 Å². The van der Waals surface area contributed by atoms with Gasteiger partial charge in [0.05, 0.1) is 10.9 Å². The van der Waals surface area contributed by atoms with Gasteiger partial charge in [0.15, 0.2) is 0 Å². The highest BCUT2D eigenvalue weighted by Gasteiger charge is 2.12. The second-order valence-electron chi connectivity index (χ2n) is 4.29. The van der Waals surface area contributed by atoms with Crippen LogP contribution < -0.4 is 10.5 Å². The van der Waals surface area contributed by atoms with Gasteiger partial charge >= 0.3 is 5.97 Å². The van der Waals surface area contributed by atoms with Gasteiger partial charge in [-0.2, -0.15) is 0 Å². The molecule has 0 aliphatic heterocycles. The summed E-state index contributed by atoms with van der Waals surface area (Å²) in [5.41, 5.74) is 0.675. The van der Waals surface area contributed by atoms with E-state index in [1.807, 2.05) is 0 Å². The first-order valence-electron chi connectivity index (χ1n) is 5.92. The van der Waals surface area contributed by atoms with E-state index in [-0.39, 0.29) is 17.5 Å². The van der Waals surface area contributed by atoms with Gasteiger partial charge in [0.2, 0.25) is 15.9 Å². The molecule has 8 nitrogen and oxygen atoms in total. The average molecular weight is 316 g/mol. The van der Waals surface area contributed by atoms with Crippen LogP contribution >= 0.6 is 0 Å². The van der Waals surface area contributed by atoms with Gasteiger partial charge in [0.1, 0.15) is 13.2 Å². The second-order valence-corrected chi connectivity index (χ2v) is 5.85. The highest BCUT2D eigenvalue weighted by atomic mass is 32.2. The van der Waals surface area contributed by atoms with E-state index in [1.54, 1.807) is 6.92 Å². The number of carbonyl (C=O) groups excluding carboxylic acids is 1. The Kier molecular flexibility index (Phi) is 5.82. The minimum Gasteiger partial charge on any atom is -0.480 e. The maximum atomic E-state index is 11.5. The summed E-state index contributed by atoms with van der Waals surface area (Å²) in [7, 11) is -3.75. The summed E-state index contributed by atoms with van der Waals surface area (Å²) in [5.74, 6) is -1.63. The number of sulfonamides is 1.